The van der Waals surface area contributed by atoms with Gasteiger partial charge in [-0.3, -0.25) is 4.79 Å². The van der Waals surface area contributed by atoms with Crippen molar-refractivity contribution in [2.45, 2.75) is 19.1 Å². The molecule has 2 heterocycles. The first-order valence-electron chi connectivity index (χ1n) is 6.30. The number of rotatable bonds is 6. The number of imidazole rings is 1. The van der Waals surface area contributed by atoms with Crippen molar-refractivity contribution in [2.75, 3.05) is 26.2 Å². The third kappa shape index (κ3) is 3.14. The van der Waals surface area contributed by atoms with Gasteiger partial charge in [0.25, 0.3) is 5.91 Å². The first-order chi connectivity index (χ1) is 9.43. The molecule has 20 heavy (non-hydrogen) atoms. The first-order valence-corrected chi connectivity index (χ1v) is 6.30. The summed E-state index contributed by atoms with van der Waals surface area (Å²) in [5.41, 5.74) is 5.20. The van der Waals surface area contributed by atoms with Gasteiger partial charge in [-0.15, -0.1) is 0 Å². The van der Waals surface area contributed by atoms with Gasteiger partial charge in [0, 0.05) is 19.3 Å². The van der Waals surface area contributed by atoms with E-state index >= 15 is 0 Å². The maximum atomic E-state index is 12.1. The zero-order valence-corrected chi connectivity index (χ0v) is 11.3. The summed E-state index contributed by atoms with van der Waals surface area (Å²) in [6.45, 7) is 3.25. The van der Waals surface area contributed by atoms with E-state index < -0.39 is 11.6 Å². The quantitative estimate of drug-likeness (QED) is 0.703. The van der Waals surface area contributed by atoms with Crippen LogP contribution in [0.3, 0.4) is 0 Å². The normalized spacial score (nSPS) is 16.8. The van der Waals surface area contributed by atoms with E-state index in [1.54, 1.807) is 28.9 Å². The lowest BCUT2D eigenvalue weighted by atomic mass is 9.96. The summed E-state index contributed by atoms with van der Waals surface area (Å²) < 4.78 is 7.01. The zero-order valence-electron chi connectivity index (χ0n) is 11.3. The molecule has 0 bridgehead atoms. The molecule has 0 aliphatic carbocycles. The van der Waals surface area contributed by atoms with Gasteiger partial charge in [-0.25, -0.2) is 9.78 Å². The van der Waals surface area contributed by atoms with Crippen molar-refractivity contribution in [1.29, 1.82) is 0 Å². The minimum atomic E-state index is -1.02. The van der Waals surface area contributed by atoms with Crippen LogP contribution in [-0.2, 0) is 16.1 Å². The molecule has 8 heteroatoms. The molecule has 1 aliphatic heterocycles. The van der Waals surface area contributed by atoms with Crippen LogP contribution < -0.4 is 5.73 Å². The summed E-state index contributed by atoms with van der Waals surface area (Å²) in [5, 5.41) is 8.57. The van der Waals surface area contributed by atoms with Gasteiger partial charge in [0.15, 0.2) is 0 Å². The summed E-state index contributed by atoms with van der Waals surface area (Å²) in [4.78, 5) is 28.2. The molecule has 0 spiro atoms. The zero-order chi connectivity index (χ0) is 14.8. The van der Waals surface area contributed by atoms with E-state index in [2.05, 4.69) is 4.98 Å². The minimum Gasteiger partial charge on any atom is -0.480 e. The lowest BCUT2D eigenvalue weighted by Gasteiger charge is -2.46. The van der Waals surface area contributed by atoms with Gasteiger partial charge >= 0.3 is 5.97 Å². The van der Waals surface area contributed by atoms with E-state index in [1.165, 1.54) is 0 Å². The molecule has 0 saturated carbocycles. The van der Waals surface area contributed by atoms with Crippen LogP contribution in [0.4, 0.5) is 0 Å². The summed E-state index contributed by atoms with van der Waals surface area (Å²) in [7, 11) is 0. The highest BCUT2D eigenvalue weighted by Crippen LogP contribution is 2.25. The largest absolute Gasteiger partial charge is 0.480 e. The van der Waals surface area contributed by atoms with Gasteiger partial charge in [-0.05, 0) is 6.92 Å². The first kappa shape index (κ1) is 14.5. The number of hydrogen-bond donors (Lipinski definition) is 2. The minimum absolute atomic E-state index is 0.183. The summed E-state index contributed by atoms with van der Waals surface area (Å²) >= 11 is 0. The van der Waals surface area contributed by atoms with Crippen molar-refractivity contribution in [3.63, 3.8) is 0 Å². The van der Waals surface area contributed by atoms with Crippen LogP contribution in [0, 0.1) is 0 Å². The average Bonchev–Trinajstić information content (AvgIpc) is 2.81. The summed E-state index contributed by atoms with van der Waals surface area (Å²) in [5.74, 6) is -1.20. The number of hydrogen-bond acceptors (Lipinski definition) is 5. The van der Waals surface area contributed by atoms with Crippen molar-refractivity contribution in [3.05, 3.63) is 18.2 Å². The van der Waals surface area contributed by atoms with Gasteiger partial charge in [-0.2, -0.15) is 0 Å². The van der Waals surface area contributed by atoms with Crippen LogP contribution in [0.25, 0.3) is 0 Å². The Morgan fingerprint density at radius 2 is 2.25 bits per heavy atom. The second-order valence-electron chi connectivity index (χ2n) is 5.08. The Morgan fingerprint density at radius 3 is 2.85 bits per heavy atom. The van der Waals surface area contributed by atoms with E-state index in [0.29, 0.717) is 31.9 Å². The van der Waals surface area contributed by atoms with Crippen LogP contribution in [0.15, 0.2) is 12.5 Å². The van der Waals surface area contributed by atoms with Crippen molar-refractivity contribution in [2.24, 2.45) is 5.73 Å². The Morgan fingerprint density at radius 1 is 1.55 bits per heavy atom. The molecule has 0 unspecified atom stereocenters. The molecule has 1 amide bonds. The van der Waals surface area contributed by atoms with Crippen molar-refractivity contribution >= 4 is 11.9 Å². The summed E-state index contributed by atoms with van der Waals surface area (Å²) in [6.07, 6.45) is 3.23. The number of carbonyl (C=O) groups excluding carboxylic acids is 1. The SMILES string of the molecule is CC1(OCC(=O)O)CN(C(=O)c2cn(CCN)cn2)C1. The van der Waals surface area contributed by atoms with E-state index in [1.807, 2.05) is 0 Å². The number of likely N-dealkylation sites (tertiary alicyclic amines) is 1. The van der Waals surface area contributed by atoms with Gasteiger partial charge in [-0.1, -0.05) is 0 Å². The fourth-order valence-electron chi connectivity index (χ4n) is 2.14. The van der Waals surface area contributed by atoms with Crippen LogP contribution in [0.5, 0.6) is 0 Å². The smallest absolute Gasteiger partial charge is 0.329 e. The Hall–Kier alpha value is -1.93. The number of nitrogens with two attached hydrogens (primary N) is 1. The monoisotopic (exact) mass is 282 g/mol. The maximum absolute atomic E-state index is 12.1. The molecule has 1 aromatic heterocycles. The number of amides is 1. The third-order valence-electron chi connectivity index (χ3n) is 3.12. The predicted octanol–water partition coefficient (Wildman–Crippen LogP) is -0.842. The van der Waals surface area contributed by atoms with Crippen LogP contribution in [0.2, 0.25) is 0 Å². The molecule has 0 atom stereocenters. The number of nitrogens with zero attached hydrogens (tertiary/aromatic N) is 3. The number of carboxylic acid groups (broad SMARTS) is 1. The lowest BCUT2D eigenvalue weighted by Crippen LogP contribution is -2.63. The molecule has 0 radical (unpaired) electrons. The van der Waals surface area contributed by atoms with E-state index in [-0.39, 0.29) is 12.5 Å². The van der Waals surface area contributed by atoms with Crippen molar-refractivity contribution in [1.82, 2.24) is 14.5 Å². The number of carboxylic acids is 1. The maximum Gasteiger partial charge on any atom is 0.329 e. The average molecular weight is 282 g/mol. The molecule has 0 aromatic carbocycles. The second-order valence-corrected chi connectivity index (χ2v) is 5.08. The molecule has 1 saturated heterocycles. The van der Waals surface area contributed by atoms with E-state index in [9.17, 15) is 9.59 Å². The molecule has 2 rings (SSSR count). The van der Waals surface area contributed by atoms with Crippen LogP contribution in [-0.4, -0.2) is 63.3 Å². The molecule has 1 fully saturated rings. The summed E-state index contributed by atoms with van der Waals surface area (Å²) in [6, 6.07) is 0. The fourth-order valence-corrected chi connectivity index (χ4v) is 2.14. The molecule has 3 N–H and O–H groups in total. The van der Waals surface area contributed by atoms with Crippen LogP contribution >= 0.6 is 0 Å². The lowest BCUT2D eigenvalue weighted by molar-refractivity contribution is -0.159. The number of ether oxygens (including phenoxy) is 1. The third-order valence-corrected chi connectivity index (χ3v) is 3.12. The fraction of sp³-hybridized carbons (Fsp3) is 0.583. The molecular formula is C12H18N4O4. The molecule has 1 aromatic rings. The molecule has 110 valence electrons. The van der Waals surface area contributed by atoms with E-state index in [0.717, 1.165) is 0 Å². The van der Waals surface area contributed by atoms with Gasteiger partial charge in [0.1, 0.15) is 17.9 Å². The highest BCUT2D eigenvalue weighted by atomic mass is 16.5. The predicted molar refractivity (Wildman–Crippen MR) is 69.2 cm³/mol. The van der Waals surface area contributed by atoms with Gasteiger partial charge in [0.2, 0.25) is 0 Å². The Bertz CT molecular complexity index is 507. The molecular weight excluding hydrogens is 264 g/mol. The number of carbonyl (C=O) groups is 2. The number of aliphatic carboxylic acids is 1. The highest BCUT2D eigenvalue weighted by molar-refractivity contribution is 5.92. The van der Waals surface area contributed by atoms with Crippen molar-refractivity contribution in [3.8, 4) is 0 Å². The van der Waals surface area contributed by atoms with Gasteiger partial charge < -0.3 is 25.0 Å². The topological polar surface area (TPSA) is 111 Å². The van der Waals surface area contributed by atoms with Crippen LogP contribution in [0.1, 0.15) is 17.4 Å². The second kappa shape index (κ2) is 5.59. The van der Waals surface area contributed by atoms with Gasteiger partial charge in [0.05, 0.1) is 19.4 Å². The Balaban J connectivity index is 1.87. The Labute approximate surface area is 116 Å². The molecule has 8 nitrogen and oxygen atoms in total. The highest BCUT2D eigenvalue weighted by Gasteiger charge is 2.43. The number of aromatic nitrogens is 2. The standard InChI is InChI=1S/C12H18N4O4/c1-12(20-5-10(17)18)6-16(7-12)11(19)9-4-15(3-2-13)8-14-9/h4,8H,2-3,5-7,13H2,1H3,(H,17,18). The van der Waals surface area contributed by atoms with E-state index in [4.69, 9.17) is 15.6 Å². The molecule has 1 aliphatic rings. The van der Waals surface area contributed by atoms with Crippen molar-refractivity contribution < 1.29 is 19.4 Å². The Kier molecular flexibility index (Phi) is 4.05.